The van der Waals surface area contributed by atoms with Crippen molar-refractivity contribution in [1.29, 1.82) is 0 Å². The fraction of sp³-hybridized carbons (Fsp3) is 0.381. The number of furan rings is 1. The van der Waals surface area contributed by atoms with Crippen LogP contribution in [0.3, 0.4) is 0 Å². The van der Waals surface area contributed by atoms with Gasteiger partial charge in [0.2, 0.25) is 0 Å². The number of aromatic nitrogens is 1. The van der Waals surface area contributed by atoms with Crippen LogP contribution < -0.4 is 0 Å². The highest BCUT2D eigenvalue weighted by Gasteiger charge is 2.28. The van der Waals surface area contributed by atoms with Gasteiger partial charge in [0, 0.05) is 30.3 Å². The molecule has 1 atom stereocenters. The molecule has 1 fully saturated rings. The Balaban J connectivity index is 1.58. The summed E-state index contributed by atoms with van der Waals surface area (Å²) in [6.07, 6.45) is 4.91. The maximum atomic E-state index is 12.1. The number of para-hydroxylation sites is 1. The Bertz CT molecular complexity index is 1070. The molecule has 0 spiro atoms. The number of nitrogens with zero attached hydrogens (tertiary/aromatic N) is 2. The molecule has 0 saturated carbocycles. The van der Waals surface area contributed by atoms with Gasteiger partial charge in [0.05, 0.1) is 17.1 Å². The van der Waals surface area contributed by atoms with Gasteiger partial charge in [0.15, 0.2) is 9.84 Å². The first kappa shape index (κ1) is 18.2. The van der Waals surface area contributed by atoms with Crippen molar-refractivity contribution in [1.82, 2.24) is 9.88 Å². The summed E-state index contributed by atoms with van der Waals surface area (Å²) in [5.74, 6) is 1.11. The zero-order chi connectivity index (χ0) is 19.0. The van der Waals surface area contributed by atoms with Crippen LogP contribution in [0.15, 0.2) is 51.9 Å². The second-order valence-corrected chi connectivity index (χ2v) is 9.36. The predicted molar refractivity (Wildman–Crippen MR) is 106 cm³/mol. The Hall–Kier alpha value is -2.18. The zero-order valence-corrected chi connectivity index (χ0v) is 16.5. The molecule has 2 aromatic heterocycles. The summed E-state index contributed by atoms with van der Waals surface area (Å²) >= 11 is 0. The Labute approximate surface area is 159 Å². The molecule has 142 valence electrons. The summed E-state index contributed by atoms with van der Waals surface area (Å²) in [4.78, 5) is 7.14. The lowest BCUT2D eigenvalue weighted by Gasteiger charge is -2.32. The molecule has 0 N–H and O–H groups in total. The van der Waals surface area contributed by atoms with Crippen LogP contribution in [0.25, 0.3) is 11.0 Å². The summed E-state index contributed by atoms with van der Waals surface area (Å²) in [5, 5.41) is 1.16. The minimum Gasteiger partial charge on any atom is -0.459 e. The highest BCUT2D eigenvalue weighted by molar-refractivity contribution is 7.90. The van der Waals surface area contributed by atoms with E-state index in [-0.39, 0.29) is 5.92 Å². The van der Waals surface area contributed by atoms with Gasteiger partial charge in [0.1, 0.15) is 11.3 Å². The number of sulfone groups is 1. The van der Waals surface area contributed by atoms with Gasteiger partial charge in [-0.25, -0.2) is 8.42 Å². The minimum absolute atomic E-state index is 0.120. The van der Waals surface area contributed by atoms with Crippen molar-refractivity contribution in [3.8, 4) is 0 Å². The summed E-state index contributed by atoms with van der Waals surface area (Å²) in [6.45, 7) is 4.60. The Morgan fingerprint density at radius 2 is 2.04 bits per heavy atom. The lowest BCUT2D eigenvalue weighted by Crippen LogP contribution is -2.34. The maximum absolute atomic E-state index is 12.1. The zero-order valence-electron chi connectivity index (χ0n) is 15.7. The number of aryl methyl sites for hydroxylation is 1. The van der Waals surface area contributed by atoms with Crippen molar-refractivity contribution >= 4 is 20.8 Å². The molecule has 5 nitrogen and oxygen atoms in total. The van der Waals surface area contributed by atoms with Gasteiger partial charge in [-0.2, -0.15) is 0 Å². The fourth-order valence-corrected chi connectivity index (χ4v) is 4.95. The molecule has 1 saturated heterocycles. The molecule has 1 aromatic carbocycles. The maximum Gasteiger partial charge on any atom is 0.177 e. The van der Waals surface area contributed by atoms with Crippen LogP contribution in [0.2, 0.25) is 0 Å². The highest BCUT2D eigenvalue weighted by atomic mass is 32.2. The first-order valence-corrected chi connectivity index (χ1v) is 11.2. The van der Waals surface area contributed by atoms with Gasteiger partial charge in [-0.3, -0.25) is 9.88 Å². The third kappa shape index (κ3) is 3.64. The molecule has 1 unspecified atom stereocenters. The molecule has 3 aromatic rings. The van der Waals surface area contributed by atoms with Crippen LogP contribution in [-0.2, 0) is 16.4 Å². The smallest absolute Gasteiger partial charge is 0.177 e. The van der Waals surface area contributed by atoms with Crippen molar-refractivity contribution in [3.63, 3.8) is 0 Å². The van der Waals surface area contributed by atoms with Crippen LogP contribution in [0.5, 0.6) is 0 Å². The molecule has 0 aliphatic carbocycles. The van der Waals surface area contributed by atoms with Crippen LogP contribution in [-0.4, -0.2) is 37.6 Å². The molecule has 27 heavy (non-hydrogen) atoms. The summed E-state index contributed by atoms with van der Waals surface area (Å²) in [5.41, 5.74) is 2.80. The van der Waals surface area contributed by atoms with Crippen molar-refractivity contribution in [2.24, 2.45) is 0 Å². The van der Waals surface area contributed by atoms with Gasteiger partial charge in [-0.05, 0) is 50.1 Å². The molecular weight excluding hydrogens is 360 g/mol. The van der Waals surface area contributed by atoms with E-state index in [1.165, 1.54) is 11.8 Å². The van der Waals surface area contributed by atoms with Crippen molar-refractivity contribution in [3.05, 3.63) is 59.6 Å². The lowest BCUT2D eigenvalue weighted by molar-refractivity contribution is 0.185. The molecule has 6 heteroatoms. The minimum atomic E-state index is -3.28. The first-order valence-electron chi connectivity index (χ1n) is 9.28. The number of pyridine rings is 1. The SMILES string of the molecule is Cc1c(CN2CCCC(c3ncccc3S(C)(=O)=O)C2)oc2ccccc12. The molecular formula is C21H24N2O3S. The fourth-order valence-electron chi connectivity index (χ4n) is 4.02. The largest absolute Gasteiger partial charge is 0.459 e. The second kappa shape index (κ2) is 7.09. The van der Waals surface area contributed by atoms with Crippen LogP contribution in [0.1, 0.15) is 35.8 Å². The van der Waals surface area contributed by atoms with E-state index in [9.17, 15) is 8.42 Å². The van der Waals surface area contributed by atoms with Crippen molar-refractivity contribution in [2.75, 3.05) is 19.3 Å². The van der Waals surface area contributed by atoms with E-state index in [1.54, 1.807) is 18.3 Å². The molecule has 0 radical (unpaired) electrons. The van der Waals surface area contributed by atoms with Gasteiger partial charge >= 0.3 is 0 Å². The van der Waals surface area contributed by atoms with E-state index in [0.717, 1.165) is 49.2 Å². The van der Waals surface area contributed by atoms with Gasteiger partial charge in [0.25, 0.3) is 0 Å². The highest BCUT2D eigenvalue weighted by Crippen LogP contribution is 2.32. The Morgan fingerprint density at radius 3 is 2.81 bits per heavy atom. The molecule has 0 amide bonds. The topological polar surface area (TPSA) is 63.4 Å². The molecule has 1 aliphatic heterocycles. The molecule has 1 aliphatic rings. The van der Waals surface area contributed by atoms with Crippen molar-refractivity contribution in [2.45, 2.75) is 37.1 Å². The standard InChI is InChI=1S/C21H24N2O3S/c1-15-17-8-3-4-9-18(17)26-19(15)14-23-12-6-7-16(13-23)21-20(27(2,24)25)10-5-11-22-21/h3-5,8-11,16H,6-7,12-14H2,1-2H3. The molecule has 4 rings (SSSR count). The molecule has 0 bridgehead atoms. The number of hydrogen-bond donors (Lipinski definition) is 0. The summed E-state index contributed by atoms with van der Waals surface area (Å²) < 4.78 is 30.4. The normalized spacial score (nSPS) is 18.8. The van der Waals surface area contributed by atoms with E-state index in [1.807, 2.05) is 18.2 Å². The van der Waals surface area contributed by atoms with Crippen molar-refractivity contribution < 1.29 is 12.8 Å². The number of hydrogen-bond acceptors (Lipinski definition) is 5. The summed E-state index contributed by atoms with van der Waals surface area (Å²) in [6, 6.07) is 11.5. The third-order valence-electron chi connectivity index (χ3n) is 5.40. The number of rotatable bonds is 4. The van der Waals surface area contributed by atoms with Gasteiger partial charge in [-0.1, -0.05) is 18.2 Å². The van der Waals surface area contributed by atoms with Gasteiger partial charge in [-0.15, -0.1) is 0 Å². The van der Waals surface area contributed by atoms with Gasteiger partial charge < -0.3 is 4.42 Å². The third-order valence-corrected chi connectivity index (χ3v) is 6.55. The molecule has 3 heterocycles. The lowest BCUT2D eigenvalue weighted by atomic mass is 9.94. The monoisotopic (exact) mass is 384 g/mol. The Morgan fingerprint density at radius 1 is 1.22 bits per heavy atom. The van der Waals surface area contributed by atoms with E-state index in [4.69, 9.17) is 4.42 Å². The average Bonchev–Trinajstić information content (AvgIpc) is 2.97. The second-order valence-electron chi connectivity index (χ2n) is 7.38. The van der Waals surface area contributed by atoms with Crippen LogP contribution in [0, 0.1) is 6.92 Å². The predicted octanol–water partition coefficient (Wildman–Crippen LogP) is 3.92. The van der Waals surface area contributed by atoms with E-state index in [0.29, 0.717) is 10.6 Å². The quantitative estimate of drug-likeness (QED) is 0.682. The number of likely N-dealkylation sites (tertiary alicyclic amines) is 1. The number of piperidine rings is 1. The van der Waals surface area contributed by atoms with E-state index < -0.39 is 9.84 Å². The van der Waals surface area contributed by atoms with Crippen LogP contribution >= 0.6 is 0 Å². The van der Waals surface area contributed by atoms with Crippen LogP contribution in [0.4, 0.5) is 0 Å². The van der Waals surface area contributed by atoms with E-state index >= 15 is 0 Å². The Kier molecular flexibility index (Phi) is 4.78. The number of fused-ring (bicyclic) bond motifs is 1. The average molecular weight is 385 g/mol. The first-order chi connectivity index (χ1) is 12.9. The summed E-state index contributed by atoms with van der Waals surface area (Å²) in [7, 11) is -3.28. The van der Waals surface area contributed by atoms with E-state index in [2.05, 4.69) is 22.9 Å². The number of benzene rings is 1.